The molecule has 0 radical (unpaired) electrons. The number of nitrogens with zero attached hydrogens (tertiary/aromatic N) is 4. The molecular weight excluding hydrogens is 546 g/mol. The van der Waals surface area contributed by atoms with E-state index in [0.717, 1.165) is 52.2 Å². The number of benzene rings is 2. The molecule has 0 spiro atoms. The van der Waals surface area contributed by atoms with Crippen molar-refractivity contribution in [3.8, 4) is 10.7 Å². The molecule has 2 aliphatic carbocycles. The van der Waals surface area contributed by atoms with E-state index in [0.29, 0.717) is 17.9 Å². The van der Waals surface area contributed by atoms with Crippen molar-refractivity contribution in [1.29, 1.82) is 0 Å². The molecule has 0 bridgehead atoms. The smallest absolute Gasteiger partial charge is 0.303 e. The maximum absolute atomic E-state index is 13.9. The van der Waals surface area contributed by atoms with Crippen molar-refractivity contribution in [2.75, 3.05) is 0 Å². The van der Waals surface area contributed by atoms with E-state index in [1.54, 1.807) is 11.3 Å². The minimum Gasteiger partial charge on any atom is -0.481 e. The summed E-state index contributed by atoms with van der Waals surface area (Å²) in [4.78, 5) is 34.6. The van der Waals surface area contributed by atoms with Crippen LogP contribution in [0.5, 0.6) is 0 Å². The zero-order valence-corrected chi connectivity index (χ0v) is 24.8. The molecule has 0 atom stereocenters. The first kappa shape index (κ1) is 26.9. The van der Waals surface area contributed by atoms with E-state index in [1.165, 1.54) is 42.3 Å². The number of fused-ring (bicyclic) bond motifs is 2. The molecule has 2 aromatic carbocycles. The molecule has 0 aliphatic heterocycles. The van der Waals surface area contributed by atoms with E-state index in [2.05, 4.69) is 32.5 Å². The number of nitrogens with one attached hydrogen (secondary N) is 1. The van der Waals surface area contributed by atoms with Crippen LogP contribution in [0.4, 0.5) is 0 Å². The Morgan fingerprint density at radius 2 is 1.86 bits per heavy atom. The van der Waals surface area contributed by atoms with E-state index in [-0.39, 0.29) is 12.3 Å². The fourth-order valence-corrected chi connectivity index (χ4v) is 7.86. The normalized spacial score (nSPS) is 16.7. The highest BCUT2D eigenvalue weighted by Gasteiger charge is 2.44. The summed E-state index contributed by atoms with van der Waals surface area (Å²) < 4.78 is 4.29. The Morgan fingerprint density at radius 1 is 1.05 bits per heavy atom. The number of carbonyl (C=O) groups excluding carboxylic acids is 1. The van der Waals surface area contributed by atoms with Crippen molar-refractivity contribution in [3.05, 3.63) is 70.5 Å². The van der Waals surface area contributed by atoms with Crippen LogP contribution in [-0.4, -0.2) is 36.1 Å². The van der Waals surface area contributed by atoms with Gasteiger partial charge in [0.2, 0.25) is 0 Å². The Balaban J connectivity index is 1.22. The minimum atomic E-state index is -0.806. The summed E-state index contributed by atoms with van der Waals surface area (Å²) in [6, 6.07) is 12.1. The Bertz CT molecular complexity index is 1820. The molecule has 5 aromatic rings. The summed E-state index contributed by atoms with van der Waals surface area (Å²) >= 11 is 1.67. The van der Waals surface area contributed by atoms with Crippen LogP contribution in [-0.2, 0) is 30.8 Å². The second-order valence-electron chi connectivity index (χ2n) is 12.0. The van der Waals surface area contributed by atoms with E-state index >= 15 is 0 Å². The molecular formula is C33H35N5O3S. The lowest BCUT2D eigenvalue weighted by Gasteiger charge is -2.41. The number of aliphatic carboxylic acids is 1. The molecule has 0 saturated heterocycles. The molecule has 1 amide bonds. The molecule has 42 heavy (non-hydrogen) atoms. The first-order valence-electron chi connectivity index (χ1n) is 14.9. The van der Waals surface area contributed by atoms with E-state index in [9.17, 15) is 9.59 Å². The van der Waals surface area contributed by atoms with Crippen molar-refractivity contribution >= 4 is 45.1 Å². The van der Waals surface area contributed by atoms with Gasteiger partial charge in [0, 0.05) is 48.6 Å². The average Bonchev–Trinajstić information content (AvgIpc) is 3.77. The summed E-state index contributed by atoms with van der Waals surface area (Å²) in [5, 5.41) is 16.8. The van der Waals surface area contributed by atoms with Crippen LogP contribution >= 0.6 is 11.3 Å². The predicted octanol–water partition coefficient (Wildman–Crippen LogP) is 6.67. The lowest BCUT2D eigenvalue weighted by Crippen LogP contribution is -2.52. The summed E-state index contributed by atoms with van der Waals surface area (Å²) in [7, 11) is 4.08. The molecule has 3 heterocycles. The molecule has 9 heteroatoms. The number of thiazole rings is 1. The Labute approximate surface area is 248 Å². The highest BCUT2D eigenvalue weighted by molar-refractivity contribution is 7.13. The third-order valence-electron chi connectivity index (χ3n) is 9.46. The van der Waals surface area contributed by atoms with E-state index in [4.69, 9.17) is 10.1 Å². The van der Waals surface area contributed by atoms with Crippen molar-refractivity contribution in [2.24, 2.45) is 14.1 Å². The maximum Gasteiger partial charge on any atom is 0.303 e. The van der Waals surface area contributed by atoms with E-state index in [1.807, 2.05) is 49.0 Å². The summed E-state index contributed by atoms with van der Waals surface area (Å²) in [6.07, 6.45) is 10.0. The maximum atomic E-state index is 13.9. The number of rotatable bonds is 8. The fourth-order valence-electron chi connectivity index (χ4n) is 7.13. The van der Waals surface area contributed by atoms with Gasteiger partial charge in [0.15, 0.2) is 0 Å². The molecule has 3 aromatic heterocycles. The van der Waals surface area contributed by atoms with Gasteiger partial charge in [-0.05, 0) is 79.8 Å². The first-order valence-corrected chi connectivity index (χ1v) is 15.7. The average molecular weight is 582 g/mol. The van der Waals surface area contributed by atoms with Crippen LogP contribution in [0.2, 0.25) is 0 Å². The number of carboxylic acid groups (broad SMARTS) is 1. The van der Waals surface area contributed by atoms with Crippen LogP contribution in [0.25, 0.3) is 32.6 Å². The largest absolute Gasteiger partial charge is 0.481 e. The number of aryl methyl sites for hydroxylation is 3. The number of hydrogen-bond donors (Lipinski definition) is 2. The first-order chi connectivity index (χ1) is 20.3. The number of amides is 1. The van der Waals surface area contributed by atoms with Crippen molar-refractivity contribution in [2.45, 2.75) is 69.2 Å². The Hall–Kier alpha value is -3.98. The predicted molar refractivity (Wildman–Crippen MR) is 165 cm³/mol. The van der Waals surface area contributed by atoms with Gasteiger partial charge in [0.25, 0.3) is 5.91 Å². The van der Waals surface area contributed by atoms with Crippen molar-refractivity contribution in [3.63, 3.8) is 0 Å². The zero-order chi connectivity index (χ0) is 29.0. The van der Waals surface area contributed by atoms with Crippen LogP contribution in [0.1, 0.15) is 84.6 Å². The molecule has 2 aliphatic rings. The molecule has 2 saturated carbocycles. The zero-order valence-electron chi connectivity index (χ0n) is 24.0. The third kappa shape index (κ3) is 4.42. The van der Waals surface area contributed by atoms with Crippen molar-refractivity contribution in [1.82, 2.24) is 24.4 Å². The summed E-state index contributed by atoms with van der Waals surface area (Å²) in [5.74, 6) is 0.472. The van der Waals surface area contributed by atoms with Gasteiger partial charge in [-0.3, -0.25) is 9.59 Å². The van der Waals surface area contributed by atoms with Gasteiger partial charge in [-0.15, -0.1) is 11.3 Å². The van der Waals surface area contributed by atoms with Gasteiger partial charge >= 0.3 is 5.97 Å². The summed E-state index contributed by atoms with van der Waals surface area (Å²) in [5.41, 5.74) is 6.51. The molecule has 8 nitrogen and oxygen atoms in total. The second kappa shape index (κ2) is 10.4. The van der Waals surface area contributed by atoms with E-state index < -0.39 is 11.5 Å². The van der Waals surface area contributed by atoms with Gasteiger partial charge in [-0.25, -0.2) is 9.97 Å². The number of carbonyl (C=O) groups is 2. The Morgan fingerprint density at radius 3 is 2.55 bits per heavy atom. The van der Waals surface area contributed by atoms with Gasteiger partial charge in [-0.1, -0.05) is 25.0 Å². The van der Waals surface area contributed by atoms with Gasteiger partial charge in [0.1, 0.15) is 10.8 Å². The molecule has 0 unspecified atom stereocenters. The van der Waals surface area contributed by atoms with Crippen LogP contribution < -0.4 is 5.32 Å². The fraction of sp³-hybridized carbons (Fsp3) is 0.394. The number of carboxylic acids is 1. The van der Waals surface area contributed by atoms with Gasteiger partial charge in [-0.2, -0.15) is 0 Å². The van der Waals surface area contributed by atoms with Crippen LogP contribution in [0, 0.1) is 0 Å². The lowest BCUT2D eigenvalue weighted by molar-refractivity contribution is -0.136. The second-order valence-corrected chi connectivity index (χ2v) is 12.9. The lowest BCUT2D eigenvalue weighted by atomic mass is 9.75. The third-order valence-corrected chi connectivity index (χ3v) is 10.2. The van der Waals surface area contributed by atoms with Crippen molar-refractivity contribution < 1.29 is 14.7 Å². The highest BCUT2D eigenvalue weighted by atomic mass is 32.1. The Kier molecular flexibility index (Phi) is 6.65. The number of aromatic nitrogens is 4. The highest BCUT2D eigenvalue weighted by Crippen LogP contribution is 2.45. The van der Waals surface area contributed by atoms with Crippen LogP contribution in [0.15, 0.2) is 48.0 Å². The molecule has 7 rings (SSSR count). The standard InChI is InChI=1S/C33H35N5O3S/c1-37-25-19-22(10-11-23(25)28(21-6-3-4-7-21)29(37)31-34-16-17-42-31)30(41)36-33(14-5-15-33)32-35-24-12-8-20(9-13-27(39)40)18-26(24)38(32)2/h8,10-12,16-19,21H,3-7,9,13-15H2,1-2H3,(H,36,41)(H,39,40). The van der Waals surface area contributed by atoms with Gasteiger partial charge in [0.05, 0.1) is 22.3 Å². The van der Waals surface area contributed by atoms with Crippen LogP contribution in [0.3, 0.4) is 0 Å². The quantitative estimate of drug-likeness (QED) is 0.213. The monoisotopic (exact) mass is 581 g/mol. The molecule has 2 N–H and O–H groups in total. The summed E-state index contributed by atoms with van der Waals surface area (Å²) in [6.45, 7) is 0. The number of hydrogen-bond acceptors (Lipinski definition) is 5. The molecule has 216 valence electrons. The minimum absolute atomic E-state index is 0.0924. The SMILES string of the molecule is Cn1c(C2(NC(=O)c3ccc4c(C5CCCC5)c(-c5nccs5)n(C)c4c3)CCC2)nc2ccc(CCC(=O)O)cc21. The molecule has 2 fully saturated rings. The number of imidazole rings is 1. The van der Waals surface area contributed by atoms with Gasteiger partial charge < -0.3 is 19.6 Å². The topological polar surface area (TPSA) is 102 Å².